The number of rotatable bonds is 9. The average Bonchev–Trinajstić information content (AvgIpc) is 2.82. The number of hydrogen-bond acceptors (Lipinski definition) is 2. The number of carbonyl (C=O) groups excluding carboxylic acids is 1. The summed E-state index contributed by atoms with van der Waals surface area (Å²) in [6.07, 6.45) is -2.73. The van der Waals surface area contributed by atoms with Crippen molar-refractivity contribution in [1.29, 1.82) is 0 Å². The second kappa shape index (κ2) is 10.6. The monoisotopic (exact) mass is 467 g/mol. The number of ether oxygens (including phenoxy) is 1. The van der Waals surface area contributed by atoms with Crippen molar-refractivity contribution < 1.29 is 22.7 Å². The third-order valence-corrected chi connectivity index (χ3v) is 5.49. The maximum atomic E-state index is 13.8. The van der Waals surface area contributed by atoms with Crippen LogP contribution in [0.5, 0.6) is 5.75 Å². The first kappa shape index (κ1) is 25.1. The summed E-state index contributed by atoms with van der Waals surface area (Å²) in [5.74, 6) is -0.645. The van der Waals surface area contributed by atoms with E-state index in [4.69, 9.17) is 4.74 Å². The van der Waals surface area contributed by atoms with Gasteiger partial charge in [0.2, 0.25) is 5.91 Å². The molecule has 0 aromatic heterocycles. The average molecular weight is 468 g/mol. The van der Waals surface area contributed by atoms with Crippen molar-refractivity contribution in [1.82, 2.24) is 0 Å². The van der Waals surface area contributed by atoms with Gasteiger partial charge in [-0.15, -0.1) is 6.58 Å². The predicted molar refractivity (Wildman–Crippen MR) is 129 cm³/mol. The fraction of sp³-hybridized carbons (Fsp3) is 0.250. The number of anilines is 1. The van der Waals surface area contributed by atoms with Crippen LogP contribution in [0.2, 0.25) is 0 Å². The lowest BCUT2D eigenvalue weighted by Crippen LogP contribution is -2.41. The van der Waals surface area contributed by atoms with E-state index in [2.05, 4.69) is 11.9 Å². The minimum absolute atomic E-state index is 0.0366. The van der Waals surface area contributed by atoms with Crippen molar-refractivity contribution in [2.45, 2.75) is 31.9 Å². The standard InChI is InChI=1S/C28H28F3NO2/c1-4-17-27(21-11-7-5-8-12-21,22-13-9-6-10-14-22)26(33)32-23-15-16-25(34-19-20(2)3)24(18-23)28(29,30)31/h4-16,18,20H,1,17,19H2,2-3H3,(H,32,33). The zero-order valence-corrected chi connectivity index (χ0v) is 19.2. The summed E-state index contributed by atoms with van der Waals surface area (Å²) < 4.78 is 46.7. The lowest BCUT2D eigenvalue weighted by molar-refractivity contribution is -0.139. The van der Waals surface area contributed by atoms with E-state index in [0.29, 0.717) is 11.1 Å². The molecule has 3 nitrogen and oxygen atoms in total. The second-order valence-corrected chi connectivity index (χ2v) is 8.50. The molecule has 0 aliphatic heterocycles. The van der Waals surface area contributed by atoms with Crippen molar-refractivity contribution >= 4 is 11.6 Å². The van der Waals surface area contributed by atoms with Crippen LogP contribution in [0.3, 0.4) is 0 Å². The first-order valence-corrected chi connectivity index (χ1v) is 11.1. The van der Waals surface area contributed by atoms with Gasteiger partial charge in [0.05, 0.1) is 12.2 Å². The largest absolute Gasteiger partial charge is 0.493 e. The molecule has 0 atom stereocenters. The Morgan fingerprint density at radius 3 is 2.00 bits per heavy atom. The summed E-state index contributed by atoms with van der Waals surface area (Å²) >= 11 is 0. The topological polar surface area (TPSA) is 38.3 Å². The molecule has 0 spiro atoms. The number of nitrogens with one attached hydrogen (secondary N) is 1. The van der Waals surface area contributed by atoms with Gasteiger partial charge >= 0.3 is 6.18 Å². The molecule has 1 N–H and O–H groups in total. The Kier molecular flexibility index (Phi) is 7.82. The number of allylic oxidation sites excluding steroid dienone is 1. The number of carbonyl (C=O) groups is 1. The van der Waals surface area contributed by atoms with Gasteiger partial charge in [-0.25, -0.2) is 0 Å². The Bertz CT molecular complexity index is 1070. The maximum absolute atomic E-state index is 13.8. The van der Waals surface area contributed by atoms with E-state index in [1.54, 1.807) is 6.08 Å². The van der Waals surface area contributed by atoms with Crippen LogP contribution in [0.25, 0.3) is 0 Å². The van der Waals surface area contributed by atoms with E-state index in [0.717, 1.165) is 6.07 Å². The van der Waals surface area contributed by atoms with Gasteiger partial charge in [0.15, 0.2) is 0 Å². The smallest absolute Gasteiger partial charge is 0.420 e. The van der Waals surface area contributed by atoms with E-state index in [-0.39, 0.29) is 30.4 Å². The Balaban J connectivity index is 2.06. The number of hydrogen-bond donors (Lipinski definition) is 1. The van der Waals surface area contributed by atoms with Crippen LogP contribution >= 0.6 is 0 Å². The highest BCUT2D eigenvalue weighted by molar-refractivity contribution is 6.02. The predicted octanol–water partition coefficient (Wildman–Crippen LogP) is 7.24. The summed E-state index contributed by atoms with van der Waals surface area (Å²) in [6.45, 7) is 7.70. The van der Waals surface area contributed by atoms with Crippen LogP contribution in [0.1, 0.15) is 37.0 Å². The number of benzene rings is 3. The van der Waals surface area contributed by atoms with Gasteiger partial charge in [0, 0.05) is 5.69 Å². The lowest BCUT2D eigenvalue weighted by atomic mass is 9.71. The minimum atomic E-state index is -4.63. The van der Waals surface area contributed by atoms with E-state index in [9.17, 15) is 18.0 Å². The fourth-order valence-electron chi connectivity index (χ4n) is 3.87. The summed E-state index contributed by atoms with van der Waals surface area (Å²) in [7, 11) is 0. The maximum Gasteiger partial charge on any atom is 0.420 e. The second-order valence-electron chi connectivity index (χ2n) is 8.50. The number of amides is 1. The summed E-state index contributed by atoms with van der Waals surface area (Å²) in [5.41, 5.74) is -0.637. The third-order valence-electron chi connectivity index (χ3n) is 5.49. The minimum Gasteiger partial charge on any atom is -0.493 e. The van der Waals surface area contributed by atoms with Gasteiger partial charge in [0.25, 0.3) is 0 Å². The molecule has 6 heteroatoms. The zero-order chi connectivity index (χ0) is 24.8. The zero-order valence-electron chi connectivity index (χ0n) is 19.2. The summed E-state index contributed by atoms with van der Waals surface area (Å²) in [6, 6.07) is 21.9. The normalized spacial score (nSPS) is 11.8. The number of halogens is 3. The Labute approximate surface area is 198 Å². The molecule has 0 fully saturated rings. The quantitative estimate of drug-likeness (QED) is 0.337. The molecule has 0 aliphatic carbocycles. The highest BCUT2D eigenvalue weighted by Gasteiger charge is 2.41. The van der Waals surface area contributed by atoms with Crippen LogP contribution < -0.4 is 10.1 Å². The number of alkyl halides is 3. The molecule has 1 amide bonds. The molecule has 0 radical (unpaired) electrons. The van der Waals surface area contributed by atoms with E-state index >= 15 is 0 Å². The van der Waals surface area contributed by atoms with Crippen LogP contribution in [0, 0.1) is 5.92 Å². The van der Waals surface area contributed by atoms with Gasteiger partial charge in [-0.05, 0) is 41.7 Å². The van der Waals surface area contributed by atoms with Crippen molar-refractivity contribution in [2.24, 2.45) is 5.92 Å². The van der Waals surface area contributed by atoms with Crippen molar-refractivity contribution in [2.75, 3.05) is 11.9 Å². The van der Waals surface area contributed by atoms with Gasteiger partial charge in [-0.3, -0.25) is 4.79 Å². The molecule has 178 valence electrons. The first-order valence-electron chi connectivity index (χ1n) is 11.1. The van der Waals surface area contributed by atoms with Crippen molar-refractivity contribution in [3.05, 3.63) is 108 Å². The Morgan fingerprint density at radius 2 is 1.53 bits per heavy atom. The summed E-state index contributed by atoms with van der Waals surface area (Å²) in [5, 5.41) is 2.73. The van der Waals surface area contributed by atoms with Gasteiger partial charge < -0.3 is 10.1 Å². The fourth-order valence-corrected chi connectivity index (χ4v) is 3.87. The third kappa shape index (κ3) is 5.50. The molecule has 3 aromatic rings. The van der Waals surface area contributed by atoms with Crippen LogP contribution in [-0.4, -0.2) is 12.5 Å². The molecule has 3 aromatic carbocycles. The molecular weight excluding hydrogens is 439 g/mol. The SMILES string of the molecule is C=CCC(C(=O)Nc1ccc(OCC(C)C)c(C(F)(F)F)c1)(c1ccccc1)c1ccccc1. The van der Waals surface area contributed by atoms with Crippen molar-refractivity contribution in [3.8, 4) is 5.75 Å². The lowest BCUT2D eigenvalue weighted by Gasteiger charge is -2.33. The molecule has 0 heterocycles. The molecule has 0 unspecified atom stereocenters. The van der Waals surface area contributed by atoms with E-state index < -0.39 is 23.1 Å². The summed E-state index contributed by atoms with van der Waals surface area (Å²) in [4.78, 5) is 13.8. The molecule has 0 bridgehead atoms. The van der Waals surface area contributed by atoms with Crippen LogP contribution in [0.15, 0.2) is 91.5 Å². The molecule has 0 saturated heterocycles. The van der Waals surface area contributed by atoms with E-state index in [1.165, 1.54) is 12.1 Å². The molecule has 0 saturated carbocycles. The van der Waals surface area contributed by atoms with Crippen LogP contribution in [-0.2, 0) is 16.4 Å². The molecule has 3 rings (SSSR count). The molecule has 34 heavy (non-hydrogen) atoms. The highest BCUT2D eigenvalue weighted by Crippen LogP contribution is 2.40. The van der Waals surface area contributed by atoms with Gasteiger partial charge in [0.1, 0.15) is 11.2 Å². The van der Waals surface area contributed by atoms with Crippen LogP contribution in [0.4, 0.5) is 18.9 Å². The van der Waals surface area contributed by atoms with Gasteiger partial charge in [-0.2, -0.15) is 13.2 Å². The Hall–Kier alpha value is -3.54. The first-order chi connectivity index (χ1) is 16.2. The van der Waals surface area contributed by atoms with Crippen molar-refractivity contribution in [3.63, 3.8) is 0 Å². The highest BCUT2D eigenvalue weighted by atomic mass is 19.4. The molecule has 0 aliphatic rings. The molecular formula is C28H28F3NO2. The van der Waals surface area contributed by atoms with Gasteiger partial charge in [-0.1, -0.05) is 80.6 Å². The Morgan fingerprint density at radius 1 is 0.971 bits per heavy atom. The van der Waals surface area contributed by atoms with E-state index in [1.807, 2.05) is 74.5 Å².